The van der Waals surface area contributed by atoms with E-state index in [4.69, 9.17) is 0 Å². The van der Waals surface area contributed by atoms with Gasteiger partial charge in [-0.05, 0) is 55.5 Å². The van der Waals surface area contributed by atoms with Gasteiger partial charge in [0.25, 0.3) is 0 Å². The summed E-state index contributed by atoms with van der Waals surface area (Å²) in [6.45, 7) is 7.78. The van der Waals surface area contributed by atoms with Crippen LogP contribution in [0, 0.1) is 5.41 Å². The smallest absolute Gasteiger partial charge is 0.0395 e. The third kappa shape index (κ3) is 2.45. The Kier molecular flexibility index (Phi) is 4.08. The van der Waals surface area contributed by atoms with Crippen molar-refractivity contribution in [2.75, 3.05) is 0 Å². The summed E-state index contributed by atoms with van der Waals surface area (Å²) >= 11 is 7.15. The van der Waals surface area contributed by atoms with Crippen LogP contribution >= 0.6 is 31.9 Å². The molecular formula is C16H14Br2. The van der Waals surface area contributed by atoms with Crippen LogP contribution in [0.1, 0.15) is 12.0 Å². The van der Waals surface area contributed by atoms with Crippen molar-refractivity contribution >= 4 is 37.4 Å². The van der Waals surface area contributed by atoms with E-state index in [0.717, 1.165) is 15.4 Å². The fourth-order valence-corrected chi connectivity index (χ4v) is 2.84. The Morgan fingerprint density at radius 2 is 1.89 bits per heavy atom. The molecule has 92 valence electrons. The Balaban J connectivity index is 2.37. The number of halogens is 2. The highest BCUT2D eigenvalue weighted by Gasteiger charge is 2.21. The van der Waals surface area contributed by atoms with E-state index in [1.54, 1.807) is 0 Å². The number of hydrogen-bond donors (Lipinski definition) is 0. The van der Waals surface area contributed by atoms with Crippen molar-refractivity contribution in [1.82, 2.24) is 0 Å². The molecule has 2 heteroatoms. The summed E-state index contributed by atoms with van der Waals surface area (Å²) in [5, 5.41) is 0. The molecule has 2 rings (SSSR count). The zero-order valence-electron chi connectivity index (χ0n) is 10.00. The van der Waals surface area contributed by atoms with Crippen LogP contribution in [-0.4, -0.2) is 0 Å². The lowest BCUT2D eigenvalue weighted by atomic mass is 9.79. The second-order valence-electron chi connectivity index (χ2n) is 4.32. The van der Waals surface area contributed by atoms with Crippen molar-refractivity contribution in [2.45, 2.75) is 6.42 Å². The van der Waals surface area contributed by atoms with E-state index in [1.165, 1.54) is 11.1 Å². The highest BCUT2D eigenvalue weighted by atomic mass is 79.9. The molecule has 0 heterocycles. The van der Waals surface area contributed by atoms with Crippen molar-refractivity contribution in [2.24, 2.45) is 5.41 Å². The predicted molar refractivity (Wildman–Crippen MR) is 86.4 cm³/mol. The van der Waals surface area contributed by atoms with Gasteiger partial charge >= 0.3 is 0 Å². The summed E-state index contributed by atoms with van der Waals surface area (Å²) in [4.78, 5) is 0. The highest BCUT2D eigenvalue weighted by molar-refractivity contribution is 9.13. The Morgan fingerprint density at radius 1 is 1.17 bits per heavy atom. The normalized spacial score (nSPS) is 17.1. The molecule has 0 amide bonds. The van der Waals surface area contributed by atoms with Crippen LogP contribution in [0.3, 0.4) is 0 Å². The molecular weight excluding hydrogens is 352 g/mol. The molecule has 0 bridgehead atoms. The molecule has 0 spiro atoms. The van der Waals surface area contributed by atoms with Crippen LogP contribution in [0.5, 0.6) is 0 Å². The molecule has 0 unspecified atom stereocenters. The Labute approximate surface area is 125 Å². The molecule has 0 saturated carbocycles. The molecule has 0 N–H and O–H groups in total. The van der Waals surface area contributed by atoms with Crippen LogP contribution in [0.15, 0.2) is 70.7 Å². The van der Waals surface area contributed by atoms with Gasteiger partial charge in [0.1, 0.15) is 0 Å². The summed E-state index contributed by atoms with van der Waals surface area (Å²) in [7, 11) is 0. The van der Waals surface area contributed by atoms with Gasteiger partial charge in [0.2, 0.25) is 0 Å². The second kappa shape index (κ2) is 5.41. The topological polar surface area (TPSA) is 0 Å². The van der Waals surface area contributed by atoms with Gasteiger partial charge in [0, 0.05) is 14.4 Å². The lowest BCUT2D eigenvalue weighted by molar-refractivity contribution is 0.640. The van der Waals surface area contributed by atoms with Crippen LogP contribution < -0.4 is 0 Å². The van der Waals surface area contributed by atoms with Gasteiger partial charge in [-0.15, -0.1) is 13.2 Å². The predicted octanol–water partition coefficient (Wildman–Crippen LogP) is 5.91. The van der Waals surface area contributed by atoms with Gasteiger partial charge < -0.3 is 0 Å². The molecule has 1 aliphatic rings. The maximum absolute atomic E-state index is 3.89. The third-order valence-electron chi connectivity index (χ3n) is 3.27. The van der Waals surface area contributed by atoms with Gasteiger partial charge in [-0.1, -0.05) is 42.5 Å². The van der Waals surface area contributed by atoms with E-state index in [2.05, 4.69) is 69.3 Å². The zero-order valence-corrected chi connectivity index (χ0v) is 13.2. The van der Waals surface area contributed by atoms with Gasteiger partial charge in [-0.2, -0.15) is 0 Å². The first-order valence-electron chi connectivity index (χ1n) is 5.73. The molecule has 0 aliphatic heterocycles. The molecule has 0 aromatic heterocycles. The summed E-state index contributed by atoms with van der Waals surface area (Å²) < 4.78 is 2.16. The van der Waals surface area contributed by atoms with Gasteiger partial charge in [-0.3, -0.25) is 0 Å². The van der Waals surface area contributed by atoms with Crippen molar-refractivity contribution < 1.29 is 0 Å². The molecule has 0 atom stereocenters. The van der Waals surface area contributed by atoms with E-state index in [0.29, 0.717) is 0 Å². The maximum atomic E-state index is 3.89. The minimum absolute atomic E-state index is 0.0952. The number of allylic oxidation sites excluding steroid dienone is 6. The highest BCUT2D eigenvalue weighted by Crippen LogP contribution is 2.38. The molecule has 1 aromatic rings. The van der Waals surface area contributed by atoms with E-state index < -0.39 is 0 Å². The first-order valence-corrected chi connectivity index (χ1v) is 7.31. The summed E-state index contributed by atoms with van der Waals surface area (Å²) in [6.07, 6.45) is 11.3. The lowest BCUT2D eigenvalue weighted by Gasteiger charge is -2.25. The van der Waals surface area contributed by atoms with Crippen LogP contribution in [-0.2, 0) is 0 Å². The van der Waals surface area contributed by atoms with Crippen molar-refractivity contribution in [1.29, 1.82) is 0 Å². The minimum atomic E-state index is -0.0952. The van der Waals surface area contributed by atoms with Crippen LogP contribution in [0.25, 0.3) is 5.57 Å². The van der Waals surface area contributed by atoms with Gasteiger partial charge in [-0.25, -0.2) is 0 Å². The molecule has 1 aliphatic carbocycles. The van der Waals surface area contributed by atoms with E-state index in [1.807, 2.05) is 24.3 Å². The Hall–Kier alpha value is -0.860. The van der Waals surface area contributed by atoms with Crippen LogP contribution in [0.2, 0.25) is 0 Å². The summed E-state index contributed by atoms with van der Waals surface area (Å²) in [5.74, 6) is 0. The maximum Gasteiger partial charge on any atom is 0.0395 e. The lowest BCUT2D eigenvalue weighted by Crippen LogP contribution is -2.12. The first-order chi connectivity index (χ1) is 8.62. The average Bonchev–Trinajstić information content (AvgIpc) is 2.42. The average molecular weight is 366 g/mol. The Morgan fingerprint density at radius 3 is 2.44 bits per heavy atom. The Bertz CT molecular complexity index is 542. The largest absolute Gasteiger partial charge is 0.102 e. The summed E-state index contributed by atoms with van der Waals surface area (Å²) in [5.41, 5.74) is 2.33. The van der Waals surface area contributed by atoms with Crippen molar-refractivity contribution in [3.8, 4) is 0 Å². The fourth-order valence-electron chi connectivity index (χ4n) is 1.98. The van der Waals surface area contributed by atoms with Crippen molar-refractivity contribution in [3.05, 3.63) is 76.2 Å². The monoisotopic (exact) mass is 364 g/mol. The molecule has 0 fully saturated rings. The minimum Gasteiger partial charge on any atom is -0.102 e. The molecule has 18 heavy (non-hydrogen) atoms. The third-order valence-corrected chi connectivity index (χ3v) is 5.32. The van der Waals surface area contributed by atoms with Crippen molar-refractivity contribution in [3.63, 3.8) is 0 Å². The van der Waals surface area contributed by atoms with Crippen LogP contribution in [0.4, 0.5) is 0 Å². The van der Waals surface area contributed by atoms with Gasteiger partial charge in [0.05, 0.1) is 0 Å². The SMILES string of the molecule is C=CC1(C=C)C=CC(c2cccc(Br)c2Br)=CC1. The molecule has 0 nitrogen and oxygen atoms in total. The summed E-state index contributed by atoms with van der Waals surface area (Å²) in [6, 6.07) is 6.18. The van der Waals surface area contributed by atoms with Gasteiger partial charge in [0.15, 0.2) is 0 Å². The molecule has 0 radical (unpaired) electrons. The number of hydrogen-bond acceptors (Lipinski definition) is 0. The quantitative estimate of drug-likeness (QED) is 0.583. The first kappa shape index (κ1) is 13.6. The zero-order chi connectivity index (χ0) is 13.2. The van der Waals surface area contributed by atoms with E-state index in [-0.39, 0.29) is 5.41 Å². The fraction of sp³-hybridized carbons (Fsp3) is 0.125. The molecule has 0 saturated heterocycles. The second-order valence-corrected chi connectivity index (χ2v) is 5.97. The number of benzene rings is 1. The van der Waals surface area contributed by atoms with E-state index >= 15 is 0 Å². The van der Waals surface area contributed by atoms with E-state index in [9.17, 15) is 0 Å². The standard InChI is InChI=1S/C16H14Br2/c1-3-16(4-2)10-8-12(9-11-16)13-6-5-7-14(17)15(13)18/h3-10H,1-2,11H2. The number of rotatable bonds is 3. The molecule has 1 aromatic carbocycles.